The van der Waals surface area contributed by atoms with Gasteiger partial charge < -0.3 is 9.73 Å². The lowest BCUT2D eigenvalue weighted by Crippen LogP contribution is -2.26. The van der Waals surface area contributed by atoms with Gasteiger partial charge in [-0.2, -0.15) is 0 Å². The second-order valence-corrected chi connectivity index (χ2v) is 7.92. The summed E-state index contributed by atoms with van der Waals surface area (Å²) >= 11 is 0. The van der Waals surface area contributed by atoms with Gasteiger partial charge in [0.1, 0.15) is 6.04 Å². The van der Waals surface area contributed by atoms with E-state index in [4.69, 9.17) is 4.42 Å². The van der Waals surface area contributed by atoms with Crippen LogP contribution in [0.4, 0.5) is 5.69 Å². The van der Waals surface area contributed by atoms with Gasteiger partial charge in [-0.15, -0.1) is 10.2 Å². The van der Waals surface area contributed by atoms with E-state index in [0.717, 1.165) is 0 Å². The normalized spacial score (nSPS) is 12.8. The second-order valence-electron chi connectivity index (χ2n) is 5.91. The lowest BCUT2D eigenvalue weighted by atomic mass is 10.2. The minimum Gasteiger partial charge on any atom is -0.423 e. The van der Waals surface area contributed by atoms with Crippen LogP contribution in [0.3, 0.4) is 0 Å². The Labute approximate surface area is 147 Å². The molecule has 0 aliphatic rings. The predicted octanol–water partition coefficient (Wildman–Crippen LogP) is 2.45. The van der Waals surface area contributed by atoms with Crippen LogP contribution in [0.25, 0.3) is 0 Å². The molecule has 0 fully saturated rings. The van der Waals surface area contributed by atoms with Gasteiger partial charge in [-0.05, 0) is 38.1 Å². The lowest BCUT2D eigenvalue weighted by Gasteiger charge is -2.11. The van der Waals surface area contributed by atoms with E-state index < -0.39 is 16.1 Å². The van der Waals surface area contributed by atoms with Crippen molar-refractivity contribution in [3.8, 4) is 0 Å². The van der Waals surface area contributed by atoms with Crippen LogP contribution in [0.5, 0.6) is 0 Å². The van der Waals surface area contributed by atoms with E-state index in [-0.39, 0.29) is 17.6 Å². The summed E-state index contributed by atoms with van der Waals surface area (Å²) in [4.78, 5) is 12.3. The summed E-state index contributed by atoms with van der Waals surface area (Å²) in [5.41, 5.74) is 0.805. The summed E-state index contributed by atoms with van der Waals surface area (Å²) in [5.74, 6) is 0.633. The molecule has 2 aromatic rings. The molecular formula is C16H22N4O4S. The molecule has 2 N–H and O–H groups in total. The molecule has 0 saturated carbocycles. The molecule has 0 radical (unpaired) electrons. The first-order valence-corrected chi connectivity index (χ1v) is 9.61. The van der Waals surface area contributed by atoms with Crippen molar-refractivity contribution in [2.75, 3.05) is 10.5 Å². The van der Waals surface area contributed by atoms with Crippen LogP contribution in [0.15, 0.2) is 28.7 Å². The van der Waals surface area contributed by atoms with Crippen molar-refractivity contribution in [1.29, 1.82) is 0 Å². The van der Waals surface area contributed by atoms with Crippen molar-refractivity contribution in [2.45, 2.75) is 39.7 Å². The van der Waals surface area contributed by atoms with Crippen LogP contribution < -0.4 is 10.0 Å². The fraction of sp³-hybridized carbons (Fsp3) is 0.438. The highest BCUT2D eigenvalue weighted by Crippen LogP contribution is 2.17. The van der Waals surface area contributed by atoms with E-state index in [2.05, 4.69) is 20.2 Å². The van der Waals surface area contributed by atoms with Gasteiger partial charge in [0.15, 0.2) is 0 Å². The Balaban J connectivity index is 2.02. The Kier molecular flexibility index (Phi) is 5.78. The van der Waals surface area contributed by atoms with Crippen LogP contribution in [0.1, 0.15) is 61.8 Å². The number of carbonyl (C=O) groups excluding carboxylic acids is 1. The number of amides is 1. The van der Waals surface area contributed by atoms with Gasteiger partial charge in [-0.3, -0.25) is 9.52 Å². The summed E-state index contributed by atoms with van der Waals surface area (Å²) in [6.45, 7) is 7.18. The number of nitrogens with one attached hydrogen (secondary N) is 2. The van der Waals surface area contributed by atoms with Crippen LogP contribution in [-0.4, -0.2) is 30.3 Å². The van der Waals surface area contributed by atoms with Crippen molar-refractivity contribution in [1.82, 2.24) is 15.5 Å². The highest BCUT2D eigenvalue weighted by atomic mass is 32.2. The number of nitrogens with zero attached hydrogens (tertiary/aromatic N) is 2. The molecule has 2 rings (SSSR count). The summed E-state index contributed by atoms with van der Waals surface area (Å²) < 4.78 is 31.0. The number of carbonyl (C=O) groups is 1. The maximum absolute atomic E-state index is 12.3. The van der Waals surface area contributed by atoms with E-state index in [9.17, 15) is 13.2 Å². The number of hydrogen-bond acceptors (Lipinski definition) is 6. The largest absolute Gasteiger partial charge is 0.423 e. The van der Waals surface area contributed by atoms with Crippen LogP contribution >= 0.6 is 0 Å². The zero-order valence-electron chi connectivity index (χ0n) is 14.6. The average molecular weight is 366 g/mol. The zero-order valence-corrected chi connectivity index (χ0v) is 15.4. The highest BCUT2D eigenvalue weighted by molar-refractivity contribution is 7.92. The molecule has 1 aromatic carbocycles. The Morgan fingerprint density at radius 1 is 1.12 bits per heavy atom. The Hall–Kier alpha value is -2.42. The van der Waals surface area contributed by atoms with Crippen LogP contribution in [0.2, 0.25) is 0 Å². The summed E-state index contributed by atoms with van der Waals surface area (Å²) in [6.07, 6.45) is 0. The molecule has 0 unspecified atom stereocenters. The van der Waals surface area contributed by atoms with Crippen LogP contribution in [0, 0.1) is 0 Å². The zero-order chi connectivity index (χ0) is 18.6. The fourth-order valence-corrected chi connectivity index (χ4v) is 2.58. The van der Waals surface area contributed by atoms with E-state index in [0.29, 0.717) is 23.0 Å². The van der Waals surface area contributed by atoms with E-state index >= 15 is 0 Å². The lowest BCUT2D eigenvalue weighted by molar-refractivity contribution is 0.0934. The molecule has 1 heterocycles. The van der Waals surface area contributed by atoms with Gasteiger partial charge in [-0.1, -0.05) is 13.8 Å². The van der Waals surface area contributed by atoms with Gasteiger partial charge in [0.25, 0.3) is 5.91 Å². The summed E-state index contributed by atoms with van der Waals surface area (Å²) in [5, 5.41) is 10.6. The van der Waals surface area contributed by atoms with Crippen molar-refractivity contribution in [3.63, 3.8) is 0 Å². The number of anilines is 1. The molecular weight excluding hydrogens is 344 g/mol. The highest BCUT2D eigenvalue weighted by Gasteiger charge is 2.18. The minimum atomic E-state index is -3.34. The van der Waals surface area contributed by atoms with Gasteiger partial charge in [-0.25, -0.2) is 8.42 Å². The molecule has 9 heteroatoms. The topological polar surface area (TPSA) is 114 Å². The number of sulfonamides is 1. The first-order valence-electron chi connectivity index (χ1n) is 7.96. The third-order valence-corrected chi connectivity index (χ3v) is 4.78. The molecule has 0 aliphatic carbocycles. The first-order chi connectivity index (χ1) is 11.7. The number of rotatable bonds is 7. The van der Waals surface area contributed by atoms with E-state index in [1.807, 2.05) is 13.8 Å². The van der Waals surface area contributed by atoms with Gasteiger partial charge in [0.2, 0.25) is 21.8 Å². The maximum Gasteiger partial charge on any atom is 0.251 e. The van der Waals surface area contributed by atoms with Crippen LogP contribution in [-0.2, 0) is 10.0 Å². The van der Waals surface area contributed by atoms with Crippen molar-refractivity contribution in [2.24, 2.45) is 0 Å². The average Bonchev–Trinajstić information content (AvgIpc) is 3.05. The third kappa shape index (κ3) is 5.02. The SMILES string of the molecule is CCS(=O)(=O)Nc1ccc(C(=O)N[C@@H](C)c2nnc(C(C)C)o2)cc1. The number of aromatic nitrogens is 2. The smallest absolute Gasteiger partial charge is 0.251 e. The molecule has 0 aliphatic heterocycles. The number of benzene rings is 1. The molecule has 1 amide bonds. The number of hydrogen-bond donors (Lipinski definition) is 2. The molecule has 1 atom stereocenters. The quantitative estimate of drug-likeness (QED) is 0.778. The van der Waals surface area contributed by atoms with Gasteiger partial charge in [0.05, 0.1) is 5.75 Å². The van der Waals surface area contributed by atoms with Crippen molar-refractivity contribution < 1.29 is 17.6 Å². The third-order valence-electron chi connectivity index (χ3n) is 3.47. The van der Waals surface area contributed by atoms with Crippen molar-refractivity contribution >= 4 is 21.6 Å². The second kappa shape index (κ2) is 7.64. The fourth-order valence-electron chi connectivity index (χ4n) is 1.94. The molecule has 0 spiro atoms. The molecule has 0 saturated heterocycles. The van der Waals surface area contributed by atoms with Gasteiger partial charge >= 0.3 is 0 Å². The molecule has 1 aromatic heterocycles. The Morgan fingerprint density at radius 2 is 1.72 bits per heavy atom. The summed E-state index contributed by atoms with van der Waals surface area (Å²) in [7, 11) is -3.34. The Morgan fingerprint density at radius 3 is 2.24 bits per heavy atom. The first kappa shape index (κ1) is 18.9. The molecule has 25 heavy (non-hydrogen) atoms. The molecule has 136 valence electrons. The standard InChI is InChI=1S/C16H22N4O4S/c1-5-25(22,23)20-13-8-6-12(7-9-13)14(21)17-11(4)16-19-18-15(24-16)10(2)3/h6-11,20H,5H2,1-4H3,(H,17,21)/t11-/m0/s1. The molecule has 0 bridgehead atoms. The predicted molar refractivity (Wildman–Crippen MR) is 93.8 cm³/mol. The van der Waals surface area contributed by atoms with Crippen molar-refractivity contribution in [3.05, 3.63) is 41.6 Å². The van der Waals surface area contributed by atoms with E-state index in [1.165, 1.54) is 12.1 Å². The van der Waals surface area contributed by atoms with E-state index in [1.54, 1.807) is 26.0 Å². The minimum absolute atomic E-state index is 0.0186. The summed E-state index contributed by atoms with van der Waals surface area (Å²) in [6, 6.07) is 5.73. The van der Waals surface area contributed by atoms with Gasteiger partial charge in [0, 0.05) is 17.2 Å². The Bertz CT molecular complexity index is 828. The monoisotopic (exact) mass is 366 g/mol. The maximum atomic E-state index is 12.3. The molecule has 8 nitrogen and oxygen atoms in total.